The molecule has 162 valence electrons. The Morgan fingerprint density at radius 1 is 1.00 bits per heavy atom. The van der Waals surface area contributed by atoms with Crippen LogP contribution in [0.15, 0.2) is 17.1 Å². The van der Waals surface area contributed by atoms with Crippen molar-refractivity contribution in [2.75, 3.05) is 45.9 Å². The van der Waals surface area contributed by atoms with E-state index in [1.165, 1.54) is 10.4 Å². The van der Waals surface area contributed by atoms with Gasteiger partial charge >= 0.3 is 0 Å². The number of carbonyl (C=O) groups excluding carboxylic acids is 1. The second-order valence-corrected chi connectivity index (χ2v) is 9.57. The van der Waals surface area contributed by atoms with Crippen molar-refractivity contribution in [2.24, 2.45) is 7.05 Å². The smallest absolute Gasteiger partial charge is 0.282 e. The summed E-state index contributed by atoms with van der Waals surface area (Å²) in [5.74, 6) is -0.111. The van der Waals surface area contributed by atoms with Crippen molar-refractivity contribution in [3.05, 3.63) is 28.2 Å². The summed E-state index contributed by atoms with van der Waals surface area (Å²) in [5, 5.41) is 0. The first-order chi connectivity index (χ1) is 13.8. The fourth-order valence-corrected chi connectivity index (χ4v) is 5.39. The first-order valence-corrected chi connectivity index (χ1v) is 11.5. The molecule has 0 saturated carbocycles. The Morgan fingerprint density at radius 2 is 1.66 bits per heavy atom. The summed E-state index contributed by atoms with van der Waals surface area (Å²) in [6, 6.07) is 1.47. The standard InChI is InChI=1S/C19H30N4O5S/c1-16-13-17(24)18(14-20(16)2)28-15-19(25)21-7-6-10-23(12-11-21)29(26,27)22-8-4-3-5-9-22/h13-14H,3-12,15H2,1-2H3. The number of rotatable bonds is 5. The highest BCUT2D eigenvalue weighted by Crippen LogP contribution is 2.18. The van der Waals surface area contributed by atoms with E-state index in [0.29, 0.717) is 39.1 Å². The molecule has 2 aliphatic heterocycles. The molecular formula is C19H30N4O5S. The van der Waals surface area contributed by atoms with E-state index in [1.807, 2.05) is 6.92 Å². The van der Waals surface area contributed by atoms with Gasteiger partial charge in [-0.2, -0.15) is 17.0 Å². The highest BCUT2D eigenvalue weighted by molar-refractivity contribution is 7.86. The molecule has 0 spiro atoms. The van der Waals surface area contributed by atoms with Crippen LogP contribution in [-0.2, 0) is 22.1 Å². The van der Waals surface area contributed by atoms with E-state index < -0.39 is 10.2 Å². The second kappa shape index (κ2) is 9.27. The molecule has 1 aromatic heterocycles. The number of aryl methyl sites for hydroxylation is 2. The molecule has 9 nitrogen and oxygen atoms in total. The highest BCUT2D eigenvalue weighted by Gasteiger charge is 2.32. The van der Waals surface area contributed by atoms with Gasteiger partial charge in [0.05, 0.1) is 0 Å². The topological polar surface area (TPSA) is 92.2 Å². The van der Waals surface area contributed by atoms with E-state index in [-0.39, 0.29) is 30.2 Å². The number of hydrogen-bond acceptors (Lipinski definition) is 5. The minimum Gasteiger partial charge on any atom is -0.478 e. The van der Waals surface area contributed by atoms with Gasteiger partial charge in [-0.3, -0.25) is 9.59 Å². The van der Waals surface area contributed by atoms with Crippen LogP contribution in [0, 0.1) is 6.92 Å². The maximum Gasteiger partial charge on any atom is 0.282 e. The number of piperidine rings is 1. The lowest BCUT2D eigenvalue weighted by atomic mass is 10.2. The number of nitrogens with zero attached hydrogens (tertiary/aromatic N) is 4. The fraction of sp³-hybridized carbons (Fsp3) is 0.684. The zero-order chi connectivity index (χ0) is 21.0. The number of aromatic nitrogens is 1. The third kappa shape index (κ3) is 5.18. The Morgan fingerprint density at radius 3 is 2.38 bits per heavy atom. The molecule has 2 fully saturated rings. The minimum absolute atomic E-state index is 0.135. The summed E-state index contributed by atoms with van der Waals surface area (Å²) < 4.78 is 36.0. The van der Waals surface area contributed by atoms with Gasteiger partial charge in [-0.25, -0.2) is 0 Å². The summed E-state index contributed by atoms with van der Waals surface area (Å²) in [4.78, 5) is 26.2. The third-order valence-electron chi connectivity index (χ3n) is 5.58. The quantitative estimate of drug-likeness (QED) is 0.677. The molecule has 3 heterocycles. The minimum atomic E-state index is -3.47. The van der Waals surface area contributed by atoms with E-state index in [1.54, 1.807) is 27.0 Å². The highest BCUT2D eigenvalue weighted by atomic mass is 32.2. The summed E-state index contributed by atoms with van der Waals surface area (Å²) >= 11 is 0. The van der Waals surface area contributed by atoms with Gasteiger partial charge in [0.1, 0.15) is 0 Å². The molecule has 2 aliphatic rings. The zero-order valence-corrected chi connectivity index (χ0v) is 18.0. The van der Waals surface area contributed by atoms with E-state index in [0.717, 1.165) is 25.0 Å². The summed E-state index contributed by atoms with van der Waals surface area (Å²) in [6.45, 7) is 4.19. The van der Waals surface area contributed by atoms with Gasteiger partial charge in [0.25, 0.3) is 16.1 Å². The lowest BCUT2D eigenvalue weighted by Crippen LogP contribution is -2.47. The maximum absolute atomic E-state index is 12.9. The van der Waals surface area contributed by atoms with Crippen molar-refractivity contribution in [2.45, 2.75) is 32.6 Å². The van der Waals surface area contributed by atoms with Gasteiger partial charge < -0.3 is 14.2 Å². The van der Waals surface area contributed by atoms with Gasteiger partial charge in [-0.1, -0.05) is 6.42 Å². The van der Waals surface area contributed by atoms with E-state index in [9.17, 15) is 18.0 Å². The van der Waals surface area contributed by atoms with Crippen LogP contribution in [0.2, 0.25) is 0 Å². The van der Waals surface area contributed by atoms with Crippen LogP contribution in [0.25, 0.3) is 0 Å². The average molecular weight is 427 g/mol. The summed E-state index contributed by atoms with van der Waals surface area (Å²) in [5.41, 5.74) is 0.541. The predicted molar refractivity (Wildman–Crippen MR) is 109 cm³/mol. The van der Waals surface area contributed by atoms with Crippen molar-refractivity contribution >= 4 is 16.1 Å². The van der Waals surface area contributed by atoms with Crippen molar-refractivity contribution in [3.63, 3.8) is 0 Å². The molecule has 29 heavy (non-hydrogen) atoms. The molecule has 0 N–H and O–H groups in total. The van der Waals surface area contributed by atoms with E-state index in [2.05, 4.69) is 0 Å². The second-order valence-electron chi connectivity index (χ2n) is 7.64. The Kier molecular flexibility index (Phi) is 6.97. The molecule has 10 heteroatoms. The van der Waals surface area contributed by atoms with Crippen LogP contribution < -0.4 is 10.2 Å². The van der Waals surface area contributed by atoms with E-state index >= 15 is 0 Å². The van der Waals surface area contributed by atoms with Crippen LogP contribution >= 0.6 is 0 Å². The number of hydrogen-bond donors (Lipinski definition) is 0. The molecule has 0 atom stereocenters. The SMILES string of the molecule is Cc1cc(=O)c(OCC(=O)N2CCCN(S(=O)(=O)N3CCCCC3)CC2)cn1C. The first kappa shape index (κ1) is 21.8. The molecule has 2 saturated heterocycles. The van der Waals surface area contributed by atoms with Gasteiger partial charge in [0, 0.05) is 64.3 Å². The molecule has 1 aromatic rings. The summed E-state index contributed by atoms with van der Waals surface area (Å²) in [7, 11) is -1.67. The summed E-state index contributed by atoms with van der Waals surface area (Å²) in [6.07, 6.45) is 5.00. The number of amides is 1. The van der Waals surface area contributed by atoms with Gasteiger partial charge in [-0.05, 0) is 26.2 Å². The van der Waals surface area contributed by atoms with E-state index in [4.69, 9.17) is 4.74 Å². The number of carbonyl (C=O) groups is 1. The first-order valence-electron chi connectivity index (χ1n) is 10.1. The molecule has 0 aromatic carbocycles. The van der Waals surface area contributed by atoms with Crippen LogP contribution in [-0.4, -0.2) is 78.3 Å². The number of ether oxygens (including phenoxy) is 1. The molecule has 0 bridgehead atoms. The average Bonchev–Trinajstić information content (AvgIpc) is 2.97. The van der Waals surface area contributed by atoms with Crippen molar-refractivity contribution in [3.8, 4) is 5.75 Å². The Balaban J connectivity index is 1.57. The largest absolute Gasteiger partial charge is 0.478 e. The van der Waals surface area contributed by atoms with Crippen LogP contribution in [0.4, 0.5) is 0 Å². The lowest BCUT2D eigenvalue weighted by Gasteiger charge is -2.31. The Labute approximate surface area is 172 Å². The Bertz CT molecular complexity index is 892. The molecule has 3 rings (SSSR count). The molecule has 0 aliphatic carbocycles. The molecule has 0 radical (unpaired) electrons. The van der Waals surface area contributed by atoms with Gasteiger partial charge in [-0.15, -0.1) is 0 Å². The van der Waals surface area contributed by atoms with Crippen molar-refractivity contribution in [1.29, 1.82) is 0 Å². The normalized spacial score (nSPS) is 19.7. The maximum atomic E-state index is 12.9. The monoisotopic (exact) mass is 426 g/mol. The molecular weight excluding hydrogens is 396 g/mol. The van der Waals surface area contributed by atoms with Crippen LogP contribution in [0.5, 0.6) is 5.75 Å². The zero-order valence-electron chi connectivity index (χ0n) is 17.2. The molecule has 1 amide bonds. The van der Waals surface area contributed by atoms with Crippen molar-refractivity contribution < 1.29 is 17.9 Å². The Hall–Kier alpha value is -1.91. The van der Waals surface area contributed by atoms with Crippen molar-refractivity contribution in [1.82, 2.24) is 18.1 Å². The predicted octanol–water partition coefficient (Wildman–Crippen LogP) is 0.338. The molecule has 0 unspecified atom stereocenters. The third-order valence-corrected chi connectivity index (χ3v) is 7.61. The van der Waals surface area contributed by atoms with Crippen LogP contribution in [0.1, 0.15) is 31.4 Å². The van der Waals surface area contributed by atoms with Crippen LogP contribution in [0.3, 0.4) is 0 Å². The fourth-order valence-electron chi connectivity index (χ4n) is 3.68. The van der Waals surface area contributed by atoms with Gasteiger partial charge in [0.15, 0.2) is 12.4 Å². The lowest BCUT2D eigenvalue weighted by molar-refractivity contribution is -0.133. The van der Waals surface area contributed by atoms with Gasteiger partial charge in [0.2, 0.25) is 5.43 Å². The number of pyridine rings is 1.